The van der Waals surface area contributed by atoms with Crippen LogP contribution in [0.3, 0.4) is 0 Å². The maximum Gasteiger partial charge on any atom is 0.261 e. The first-order valence-corrected chi connectivity index (χ1v) is 10.9. The second kappa shape index (κ2) is 11.3. The van der Waals surface area contributed by atoms with Crippen LogP contribution in [0.5, 0.6) is 17.2 Å². The van der Waals surface area contributed by atoms with Crippen molar-refractivity contribution in [2.45, 2.75) is 39.2 Å². The van der Waals surface area contributed by atoms with E-state index in [0.29, 0.717) is 25.3 Å². The monoisotopic (exact) mass is 421 g/mol. The molecular formula is C26H31NO4. The maximum atomic E-state index is 12.6. The molecule has 0 aliphatic rings. The summed E-state index contributed by atoms with van der Waals surface area (Å²) in [5.41, 5.74) is 1.15. The van der Waals surface area contributed by atoms with Crippen molar-refractivity contribution in [1.29, 1.82) is 0 Å². The molecule has 0 aliphatic heterocycles. The highest BCUT2D eigenvalue weighted by Gasteiger charge is 2.18. The SMILES string of the molecule is CCOc1ccc(CCCNC(=O)[C@H](CC)Oc2ccc3ccccc3c2)cc1OC. The van der Waals surface area contributed by atoms with Gasteiger partial charge < -0.3 is 19.5 Å². The van der Waals surface area contributed by atoms with Crippen molar-refractivity contribution in [3.63, 3.8) is 0 Å². The van der Waals surface area contributed by atoms with Gasteiger partial charge in [0.2, 0.25) is 0 Å². The molecule has 0 aromatic heterocycles. The summed E-state index contributed by atoms with van der Waals surface area (Å²) in [4.78, 5) is 12.6. The third-order valence-corrected chi connectivity index (χ3v) is 5.13. The van der Waals surface area contributed by atoms with Crippen LogP contribution in [-0.2, 0) is 11.2 Å². The van der Waals surface area contributed by atoms with Crippen LogP contribution in [0.2, 0.25) is 0 Å². The number of hydrogen-bond acceptors (Lipinski definition) is 4. The second-order valence-electron chi connectivity index (χ2n) is 7.34. The zero-order chi connectivity index (χ0) is 22.1. The van der Waals surface area contributed by atoms with Crippen LogP contribution in [0, 0.1) is 0 Å². The van der Waals surface area contributed by atoms with Gasteiger partial charge in [-0.15, -0.1) is 0 Å². The standard InChI is InChI=1S/C26H31NO4/c1-4-23(31-22-14-13-20-10-6-7-11-21(20)18-22)26(28)27-16-8-9-19-12-15-24(30-5-2)25(17-19)29-3/h6-7,10-15,17-18,23H,4-5,8-9,16H2,1-3H3,(H,27,28)/t23-/m0/s1. The Morgan fingerprint density at radius 2 is 1.77 bits per heavy atom. The number of rotatable bonds is 11. The molecule has 5 nitrogen and oxygen atoms in total. The van der Waals surface area contributed by atoms with Gasteiger partial charge in [0.1, 0.15) is 5.75 Å². The molecule has 3 rings (SSSR count). The number of carbonyl (C=O) groups excluding carboxylic acids is 1. The molecule has 1 N–H and O–H groups in total. The van der Waals surface area contributed by atoms with Gasteiger partial charge in [0.05, 0.1) is 13.7 Å². The molecule has 0 spiro atoms. The van der Waals surface area contributed by atoms with Crippen molar-refractivity contribution in [2.75, 3.05) is 20.3 Å². The molecule has 31 heavy (non-hydrogen) atoms. The van der Waals surface area contributed by atoms with E-state index in [1.807, 2.05) is 68.4 Å². The molecule has 1 atom stereocenters. The van der Waals surface area contributed by atoms with Crippen LogP contribution in [0.15, 0.2) is 60.7 Å². The summed E-state index contributed by atoms with van der Waals surface area (Å²) in [5, 5.41) is 5.25. The van der Waals surface area contributed by atoms with Crippen molar-refractivity contribution < 1.29 is 19.0 Å². The highest BCUT2D eigenvalue weighted by molar-refractivity contribution is 5.84. The zero-order valence-electron chi connectivity index (χ0n) is 18.5. The third kappa shape index (κ3) is 6.14. The van der Waals surface area contributed by atoms with Crippen LogP contribution in [0.25, 0.3) is 10.8 Å². The second-order valence-corrected chi connectivity index (χ2v) is 7.34. The Morgan fingerprint density at radius 3 is 2.52 bits per heavy atom. The van der Waals surface area contributed by atoms with Crippen LogP contribution in [-0.4, -0.2) is 32.3 Å². The van der Waals surface area contributed by atoms with Crippen LogP contribution in [0.4, 0.5) is 0 Å². The van der Waals surface area contributed by atoms with E-state index < -0.39 is 6.10 Å². The predicted octanol–water partition coefficient (Wildman–Crippen LogP) is 5.15. The summed E-state index contributed by atoms with van der Waals surface area (Å²) >= 11 is 0. The number of methoxy groups -OCH3 is 1. The number of fused-ring (bicyclic) bond motifs is 1. The number of carbonyl (C=O) groups is 1. The van der Waals surface area contributed by atoms with Crippen LogP contribution in [0.1, 0.15) is 32.3 Å². The Morgan fingerprint density at radius 1 is 0.968 bits per heavy atom. The number of nitrogens with one attached hydrogen (secondary N) is 1. The van der Waals surface area contributed by atoms with Gasteiger partial charge in [-0.1, -0.05) is 43.3 Å². The number of ether oxygens (including phenoxy) is 3. The quantitative estimate of drug-likeness (QED) is 0.435. The molecule has 3 aromatic rings. The number of amides is 1. The summed E-state index contributed by atoms with van der Waals surface area (Å²) in [5.74, 6) is 2.11. The first-order chi connectivity index (χ1) is 15.1. The molecule has 1 amide bonds. The molecule has 3 aromatic carbocycles. The van der Waals surface area contributed by atoms with Crippen molar-refractivity contribution in [2.24, 2.45) is 0 Å². The van der Waals surface area contributed by atoms with E-state index in [2.05, 4.69) is 11.4 Å². The van der Waals surface area contributed by atoms with E-state index in [4.69, 9.17) is 14.2 Å². The molecule has 5 heteroatoms. The lowest BCUT2D eigenvalue weighted by molar-refractivity contribution is -0.128. The molecule has 0 fully saturated rings. The van der Waals surface area contributed by atoms with E-state index >= 15 is 0 Å². The van der Waals surface area contributed by atoms with Gasteiger partial charge in [0.15, 0.2) is 17.6 Å². The molecule has 0 aliphatic carbocycles. The third-order valence-electron chi connectivity index (χ3n) is 5.13. The van der Waals surface area contributed by atoms with Gasteiger partial charge in [0, 0.05) is 6.54 Å². The van der Waals surface area contributed by atoms with Gasteiger partial charge in [-0.05, 0) is 66.8 Å². The molecule has 0 saturated heterocycles. The minimum atomic E-state index is -0.508. The minimum Gasteiger partial charge on any atom is -0.493 e. The van der Waals surface area contributed by atoms with Gasteiger partial charge in [-0.2, -0.15) is 0 Å². The highest BCUT2D eigenvalue weighted by atomic mass is 16.5. The Bertz CT molecular complexity index is 1000. The van der Waals surface area contributed by atoms with Gasteiger partial charge in [-0.25, -0.2) is 0 Å². The number of hydrogen-bond donors (Lipinski definition) is 1. The normalized spacial score (nSPS) is 11.7. The van der Waals surface area contributed by atoms with Crippen LogP contribution >= 0.6 is 0 Å². The molecule has 0 saturated carbocycles. The van der Waals surface area contributed by atoms with Crippen molar-refractivity contribution in [3.05, 3.63) is 66.2 Å². The first kappa shape index (κ1) is 22.5. The zero-order valence-corrected chi connectivity index (χ0v) is 18.5. The fraction of sp³-hybridized carbons (Fsp3) is 0.346. The average molecular weight is 422 g/mol. The summed E-state index contributed by atoms with van der Waals surface area (Å²) in [6, 6.07) is 20.0. The lowest BCUT2D eigenvalue weighted by Crippen LogP contribution is -2.38. The summed E-state index contributed by atoms with van der Waals surface area (Å²) < 4.78 is 16.9. The van der Waals surface area contributed by atoms with E-state index in [9.17, 15) is 4.79 Å². The largest absolute Gasteiger partial charge is 0.493 e. The fourth-order valence-corrected chi connectivity index (χ4v) is 3.49. The van der Waals surface area contributed by atoms with E-state index in [-0.39, 0.29) is 5.91 Å². The number of benzene rings is 3. The lowest BCUT2D eigenvalue weighted by Gasteiger charge is -2.18. The van der Waals surface area contributed by atoms with Crippen LogP contribution < -0.4 is 19.5 Å². The van der Waals surface area contributed by atoms with Crippen molar-refractivity contribution >= 4 is 16.7 Å². The fourth-order valence-electron chi connectivity index (χ4n) is 3.49. The minimum absolute atomic E-state index is 0.0834. The van der Waals surface area contributed by atoms with Crippen molar-refractivity contribution in [1.82, 2.24) is 5.32 Å². The Hall–Kier alpha value is -3.21. The molecule has 0 radical (unpaired) electrons. The molecule has 0 bridgehead atoms. The predicted molar refractivity (Wildman–Crippen MR) is 124 cm³/mol. The number of aryl methyl sites for hydroxylation is 1. The Labute approximate surface area is 184 Å². The first-order valence-electron chi connectivity index (χ1n) is 10.9. The van der Waals surface area contributed by atoms with E-state index in [0.717, 1.165) is 40.7 Å². The molecular weight excluding hydrogens is 390 g/mol. The summed E-state index contributed by atoms with van der Waals surface area (Å²) in [6.07, 6.45) is 1.77. The smallest absolute Gasteiger partial charge is 0.261 e. The highest BCUT2D eigenvalue weighted by Crippen LogP contribution is 2.28. The van der Waals surface area contributed by atoms with Crippen molar-refractivity contribution in [3.8, 4) is 17.2 Å². The Balaban J connectivity index is 1.49. The van der Waals surface area contributed by atoms with Gasteiger partial charge in [-0.3, -0.25) is 4.79 Å². The van der Waals surface area contributed by atoms with Gasteiger partial charge >= 0.3 is 0 Å². The Kier molecular flexibility index (Phi) is 8.16. The summed E-state index contributed by atoms with van der Waals surface area (Å²) in [6.45, 7) is 5.09. The molecule has 164 valence electrons. The summed E-state index contributed by atoms with van der Waals surface area (Å²) in [7, 11) is 1.64. The lowest BCUT2D eigenvalue weighted by atomic mass is 10.1. The van der Waals surface area contributed by atoms with E-state index in [1.165, 1.54) is 0 Å². The van der Waals surface area contributed by atoms with Gasteiger partial charge in [0.25, 0.3) is 5.91 Å². The van der Waals surface area contributed by atoms with E-state index in [1.54, 1.807) is 7.11 Å². The molecule has 0 heterocycles. The maximum absolute atomic E-state index is 12.6. The molecule has 0 unspecified atom stereocenters. The average Bonchev–Trinajstić information content (AvgIpc) is 2.80. The topological polar surface area (TPSA) is 56.8 Å².